The Kier molecular flexibility index (Phi) is 5.22. The number of carbonyl (C=O) groups excluding carboxylic acids is 1. The Hall–Kier alpha value is -3.32. The molecule has 7 heteroatoms. The van der Waals surface area contributed by atoms with Crippen molar-refractivity contribution in [3.05, 3.63) is 89.5 Å². The molecule has 154 valence electrons. The topological polar surface area (TPSA) is 66.9 Å². The van der Waals surface area contributed by atoms with Crippen molar-refractivity contribution in [2.75, 3.05) is 12.0 Å². The number of nitrogens with zero attached hydrogens (tertiary/aromatic N) is 2. The minimum Gasteiger partial charge on any atom is -0.497 e. The second-order valence-corrected chi connectivity index (χ2v) is 8.95. The number of aryl methyl sites for hydroxylation is 1. The summed E-state index contributed by atoms with van der Waals surface area (Å²) in [5.74, 6) is 0.665. The van der Waals surface area contributed by atoms with Crippen molar-refractivity contribution in [2.45, 2.75) is 24.9 Å². The third-order valence-corrected chi connectivity index (χ3v) is 7.01. The van der Waals surface area contributed by atoms with Gasteiger partial charge in [-0.25, -0.2) is 17.5 Å². The van der Waals surface area contributed by atoms with Gasteiger partial charge in [-0.3, -0.25) is 4.90 Å². The minimum absolute atomic E-state index is 0.0518. The number of fused-ring (bicyclic) bond motifs is 1. The van der Waals surface area contributed by atoms with Gasteiger partial charge in [0.1, 0.15) is 10.6 Å². The van der Waals surface area contributed by atoms with Gasteiger partial charge in [-0.05, 0) is 47.9 Å². The number of para-hydroxylation sites is 1. The molecule has 0 saturated heterocycles. The van der Waals surface area contributed by atoms with Gasteiger partial charge >= 0.3 is 6.03 Å². The lowest BCUT2D eigenvalue weighted by atomic mass is 10.1. The molecule has 30 heavy (non-hydrogen) atoms. The summed E-state index contributed by atoms with van der Waals surface area (Å²) in [5, 5.41) is 0. The molecule has 1 heterocycles. The fourth-order valence-corrected chi connectivity index (χ4v) is 5.07. The molecule has 0 fully saturated rings. The predicted octanol–water partition coefficient (Wildman–Crippen LogP) is 4.33. The zero-order valence-electron chi connectivity index (χ0n) is 16.8. The number of amides is 2. The molecule has 0 atom stereocenters. The summed E-state index contributed by atoms with van der Waals surface area (Å²) in [6, 6.07) is 20.8. The quantitative estimate of drug-likeness (QED) is 0.614. The normalized spacial score (nSPS) is 15.1. The standard InChI is InChI=1S/C23H22N2O4S/c1-17-7-3-4-8-19(17)16-24-21-9-5-6-10-22(21)30(27,28)25(23(24)26)15-18-11-13-20(29-2)14-12-18/h3-14H,15-16H2,1-2H3. The molecular weight excluding hydrogens is 400 g/mol. The van der Waals surface area contributed by atoms with Crippen LogP contribution in [0.15, 0.2) is 77.7 Å². The predicted molar refractivity (Wildman–Crippen MR) is 115 cm³/mol. The number of rotatable bonds is 5. The number of ether oxygens (including phenoxy) is 1. The first-order valence-electron chi connectivity index (χ1n) is 9.52. The first kappa shape index (κ1) is 20.0. The second kappa shape index (κ2) is 7.84. The first-order chi connectivity index (χ1) is 14.4. The zero-order chi connectivity index (χ0) is 21.3. The van der Waals surface area contributed by atoms with Crippen LogP contribution in [0, 0.1) is 6.92 Å². The van der Waals surface area contributed by atoms with E-state index in [2.05, 4.69) is 0 Å². The number of carbonyl (C=O) groups is 1. The number of methoxy groups -OCH3 is 1. The van der Waals surface area contributed by atoms with Gasteiger partial charge in [-0.1, -0.05) is 48.5 Å². The molecule has 0 bridgehead atoms. The van der Waals surface area contributed by atoms with Crippen LogP contribution in [0.1, 0.15) is 16.7 Å². The van der Waals surface area contributed by atoms with Crippen molar-refractivity contribution in [2.24, 2.45) is 0 Å². The van der Waals surface area contributed by atoms with Gasteiger partial charge in [0.15, 0.2) is 0 Å². The third-order valence-electron chi connectivity index (χ3n) is 5.24. The molecule has 1 aliphatic rings. The SMILES string of the molecule is COc1ccc(CN2C(=O)N(Cc3ccccc3C)c3ccccc3S2(=O)=O)cc1. The highest BCUT2D eigenvalue weighted by atomic mass is 32.2. The average Bonchev–Trinajstić information content (AvgIpc) is 2.76. The molecule has 0 saturated carbocycles. The Morgan fingerprint density at radius 3 is 2.23 bits per heavy atom. The highest BCUT2D eigenvalue weighted by Crippen LogP contribution is 2.36. The zero-order valence-corrected chi connectivity index (χ0v) is 17.6. The van der Waals surface area contributed by atoms with E-state index in [-0.39, 0.29) is 18.0 Å². The molecule has 2 amide bonds. The second-order valence-electron chi connectivity index (χ2n) is 7.12. The Balaban J connectivity index is 1.75. The van der Waals surface area contributed by atoms with Crippen LogP contribution in [0.4, 0.5) is 10.5 Å². The summed E-state index contributed by atoms with van der Waals surface area (Å²) in [7, 11) is -2.41. The van der Waals surface area contributed by atoms with Crippen LogP contribution in [-0.4, -0.2) is 25.9 Å². The molecule has 4 rings (SSSR count). The van der Waals surface area contributed by atoms with E-state index < -0.39 is 16.1 Å². The maximum atomic E-state index is 13.4. The number of hydrogen-bond acceptors (Lipinski definition) is 4. The highest BCUT2D eigenvalue weighted by molar-refractivity contribution is 7.90. The molecule has 0 N–H and O–H groups in total. The lowest BCUT2D eigenvalue weighted by Gasteiger charge is -2.36. The Labute approximate surface area is 176 Å². The van der Waals surface area contributed by atoms with Gasteiger partial charge in [0.2, 0.25) is 0 Å². The minimum atomic E-state index is -3.97. The number of hydrogen-bond donors (Lipinski definition) is 0. The van der Waals surface area contributed by atoms with E-state index in [1.54, 1.807) is 55.6 Å². The first-order valence-corrected chi connectivity index (χ1v) is 11.0. The van der Waals surface area contributed by atoms with Crippen molar-refractivity contribution >= 4 is 21.7 Å². The molecule has 6 nitrogen and oxygen atoms in total. The van der Waals surface area contributed by atoms with Gasteiger partial charge < -0.3 is 4.74 Å². The average molecular weight is 423 g/mol. The van der Waals surface area contributed by atoms with Crippen LogP contribution in [0.2, 0.25) is 0 Å². The van der Waals surface area contributed by atoms with Crippen LogP contribution in [0.3, 0.4) is 0 Å². The van der Waals surface area contributed by atoms with Crippen LogP contribution in [0.5, 0.6) is 5.75 Å². The Bertz CT molecular complexity index is 1190. The summed E-state index contributed by atoms with van der Waals surface area (Å²) < 4.78 is 32.6. The molecule has 3 aromatic rings. The maximum Gasteiger partial charge on any atom is 0.339 e. The summed E-state index contributed by atoms with van der Waals surface area (Å²) in [4.78, 5) is 15.1. The maximum absolute atomic E-state index is 13.4. The van der Waals surface area contributed by atoms with Gasteiger partial charge in [0.05, 0.1) is 25.9 Å². The fourth-order valence-electron chi connectivity index (χ4n) is 3.52. The van der Waals surface area contributed by atoms with Crippen molar-refractivity contribution in [1.29, 1.82) is 0 Å². The molecule has 0 aromatic heterocycles. The van der Waals surface area contributed by atoms with Gasteiger partial charge in [-0.15, -0.1) is 0 Å². The van der Waals surface area contributed by atoms with Crippen molar-refractivity contribution in [3.63, 3.8) is 0 Å². The molecule has 0 aliphatic carbocycles. The molecule has 3 aromatic carbocycles. The molecule has 0 unspecified atom stereocenters. The number of anilines is 1. The summed E-state index contributed by atoms with van der Waals surface area (Å²) in [6.07, 6.45) is 0. The van der Waals surface area contributed by atoms with E-state index in [1.165, 1.54) is 4.90 Å². The molecule has 0 spiro atoms. The van der Waals surface area contributed by atoms with Gasteiger partial charge in [-0.2, -0.15) is 0 Å². The number of urea groups is 1. The van der Waals surface area contributed by atoms with E-state index in [1.807, 2.05) is 31.2 Å². The number of sulfonamides is 1. The van der Waals surface area contributed by atoms with E-state index in [9.17, 15) is 13.2 Å². The van der Waals surface area contributed by atoms with Crippen LogP contribution in [-0.2, 0) is 23.1 Å². The smallest absolute Gasteiger partial charge is 0.339 e. The van der Waals surface area contributed by atoms with Crippen molar-refractivity contribution in [1.82, 2.24) is 4.31 Å². The van der Waals surface area contributed by atoms with E-state index >= 15 is 0 Å². The van der Waals surface area contributed by atoms with E-state index in [0.29, 0.717) is 17.0 Å². The largest absolute Gasteiger partial charge is 0.497 e. The van der Waals surface area contributed by atoms with Gasteiger partial charge in [0.25, 0.3) is 10.0 Å². The van der Waals surface area contributed by atoms with Crippen LogP contribution in [0.25, 0.3) is 0 Å². The summed E-state index contributed by atoms with van der Waals surface area (Å²) >= 11 is 0. The van der Waals surface area contributed by atoms with Gasteiger partial charge in [0, 0.05) is 0 Å². The third kappa shape index (κ3) is 3.52. The van der Waals surface area contributed by atoms with Crippen molar-refractivity contribution < 1.29 is 17.9 Å². The summed E-state index contributed by atoms with van der Waals surface area (Å²) in [6.45, 7) is 2.21. The summed E-state index contributed by atoms with van der Waals surface area (Å²) in [5.41, 5.74) is 3.10. The van der Waals surface area contributed by atoms with Crippen LogP contribution >= 0.6 is 0 Å². The lowest BCUT2D eigenvalue weighted by molar-refractivity contribution is 0.226. The monoisotopic (exact) mass is 422 g/mol. The van der Waals surface area contributed by atoms with Crippen molar-refractivity contribution in [3.8, 4) is 5.75 Å². The Morgan fingerprint density at radius 1 is 0.867 bits per heavy atom. The fraction of sp³-hybridized carbons (Fsp3) is 0.174. The molecule has 0 radical (unpaired) electrons. The molecule has 1 aliphatic heterocycles. The van der Waals surface area contributed by atoms with E-state index in [0.717, 1.165) is 15.4 Å². The Morgan fingerprint density at radius 2 is 1.53 bits per heavy atom. The number of benzene rings is 3. The van der Waals surface area contributed by atoms with E-state index in [4.69, 9.17) is 4.74 Å². The highest BCUT2D eigenvalue weighted by Gasteiger charge is 2.41. The van der Waals surface area contributed by atoms with Crippen LogP contribution < -0.4 is 9.64 Å². The molecular formula is C23H22N2O4S. The lowest BCUT2D eigenvalue weighted by Crippen LogP contribution is -2.50.